The van der Waals surface area contributed by atoms with Crippen LogP contribution in [0.25, 0.3) is 10.3 Å². The van der Waals surface area contributed by atoms with Crippen molar-refractivity contribution in [2.45, 2.75) is 39.0 Å². The molecule has 2 heterocycles. The number of rotatable bonds is 6. The van der Waals surface area contributed by atoms with Crippen LogP contribution in [0.4, 0.5) is 37.2 Å². The highest BCUT2D eigenvalue weighted by molar-refractivity contribution is 7.22. The average molecular weight is 533 g/mol. The number of pyridine rings is 1. The van der Waals surface area contributed by atoms with Crippen LogP contribution < -0.4 is 20.9 Å². The van der Waals surface area contributed by atoms with E-state index in [2.05, 4.69) is 46.7 Å². The lowest BCUT2D eigenvalue weighted by atomic mass is 9.87. The van der Waals surface area contributed by atoms with Crippen molar-refractivity contribution < 1.29 is 14.0 Å². The highest BCUT2D eigenvalue weighted by Gasteiger charge is 2.30. The van der Waals surface area contributed by atoms with Gasteiger partial charge in [-0.1, -0.05) is 44.2 Å². The first-order valence-electron chi connectivity index (χ1n) is 12.4. The monoisotopic (exact) mass is 532 g/mol. The van der Waals surface area contributed by atoms with Crippen LogP contribution in [0.2, 0.25) is 0 Å². The maximum Gasteiger partial charge on any atom is 0.323 e. The van der Waals surface area contributed by atoms with Crippen LogP contribution in [0.3, 0.4) is 0 Å². The molecule has 2 aromatic heterocycles. The predicted molar refractivity (Wildman–Crippen MR) is 151 cm³/mol. The number of anilines is 5. The quantitative estimate of drug-likeness (QED) is 0.251. The summed E-state index contributed by atoms with van der Waals surface area (Å²) in [7, 11) is 1.80. The molecule has 10 heteroatoms. The lowest BCUT2D eigenvalue weighted by Gasteiger charge is -2.20. The minimum atomic E-state index is -0.553. The van der Waals surface area contributed by atoms with Crippen LogP contribution in [0, 0.1) is 11.7 Å². The van der Waals surface area contributed by atoms with Gasteiger partial charge in [0.05, 0.1) is 5.69 Å². The largest absolute Gasteiger partial charge is 0.329 e. The fourth-order valence-electron chi connectivity index (χ4n) is 3.89. The Morgan fingerprint density at radius 2 is 1.71 bits per heavy atom. The Labute approximate surface area is 224 Å². The minimum absolute atomic E-state index is 0.00121. The highest BCUT2D eigenvalue weighted by atomic mass is 32.1. The van der Waals surface area contributed by atoms with Gasteiger partial charge in [0.15, 0.2) is 5.13 Å². The van der Waals surface area contributed by atoms with E-state index in [4.69, 9.17) is 0 Å². The van der Waals surface area contributed by atoms with Gasteiger partial charge < -0.3 is 20.9 Å². The number of nitrogens with zero attached hydrogens (tertiary/aromatic N) is 3. The maximum atomic E-state index is 14.6. The Bertz CT molecular complexity index is 1510. The summed E-state index contributed by atoms with van der Waals surface area (Å²) in [4.78, 5) is 36.2. The molecule has 1 saturated carbocycles. The van der Waals surface area contributed by atoms with Crippen LogP contribution in [-0.4, -0.2) is 29.0 Å². The molecule has 38 heavy (non-hydrogen) atoms. The van der Waals surface area contributed by atoms with E-state index in [0.717, 1.165) is 18.4 Å². The third kappa shape index (κ3) is 5.75. The lowest BCUT2D eigenvalue weighted by Crippen LogP contribution is -2.21. The van der Waals surface area contributed by atoms with E-state index in [-0.39, 0.29) is 22.9 Å². The van der Waals surface area contributed by atoms with Crippen LogP contribution in [0.5, 0.6) is 0 Å². The van der Waals surface area contributed by atoms with Gasteiger partial charge >= 0.3 is 6.03 Å². The molecule has 4 aromatic rings. The summed E-state index contributed by atoms with van der Waals surface area (Å²) in [5.74, 6) is 0.150. The summed E-state index contributed by atoms with van der Waals surface area (Å²) in [6.45, 7) is 6.35. The number of carbonyl (C=O) groups excluding carboxylic acids is 2. The molecule has 0 atom stereocenters. The summed E-state index contributed by atoms with van der Waals surface area (Å²) >= 11 is 1.31. The molecule has 8 nitrogen and oxygen atoms in total. The zero-order chi connectivity index (χ0) is 27.0. The van der Waals surface area contributed by atoms with E-state index < -0.39 is 11.8 Å². The van der Waals surface area contributed by atoms with Gasteiger partial charge in [0.1, 0.15) is 22.0 Å². The van der Waals surface area contributed by atoms with Gasteiger partial charge in [-0.2, -0.15) is 0 Å². The summed E-state index contributed by atoms with van der Waals surface area (Å²) in [5.41, 5.74) is 3.13. The van der Waals surface area contributed by atoms with Gasteiger partial charge in [-0.25, -0.2) is 19.2 Å². The first kappa shape index (κ1) is 25.6. The van der Waals surface area contributed by atoms with Crippen molar-refractivity contribution in [1.82, 2.24) is 9.97 Å². The number of fused-ring (bicyclic) bond motifs is 1. The summed E-state index contributed by atoms with van der Waals surface area (Å²) < 4.78 is 14.6. The summed E-state index contributed by atoms with van der Waals surface area (Å²) in [5, 5.41) is 8.72. The molecule has 3 amide bonds. The van der Waals surface area contributed by atoms with Crippen molar-refractivity contribution in [3.8, 4) is 0 Å². The van der Waals surface area contributed by atoms with Crippen LogP contribution in [0.15, 0.2) is 54.6 Å². The SMILES string of the molecule is CN(c1ccc(F)c(NC(=O)Nc2ccc(C(C)(C)C)cc2)c1)c1ccc2nc(NC(=O)C3CC3)sc2n1. The molecular formula is C28H29FN6O2S. The smallest absolute Gasteiger partial charge is 0.323 e. The van der Waals surface area contributed by atoms with E-state index in [9.17, 15) is 14.0 Å². The van der Waals surface area contributed by atoms with Gasteiger partial charge in [-0.3, -0.25) is 4.79 Å². The molecule has 1 aliphatic rings. The van der Waals surface area contributed by atoms with Crippen molar-refractivity contribution in [2.75, 3.05) is 27.9 Å². The van der Waals surface area contributed by atoms with E-state index in [0.29, 0.717) is 32.7 Å². The van der Waals surface area contributed by atoms with Gasteiger partial charge in [-0.15, -0.1) is 0 Å². The number of aromatic nitrogens is 2. The lowest BCUT2D eigenvalue weighted by molar-refractivity contribution is -0.117. The third-order valence-electron chi connectivity index (χ3n) is 6.36. The third-order valence-corrected chi connectivity index (χ3v) is 7.24. The fraction of sp³-hybridized carbons (Fsp3) is 0.286. The van der Waals surface area contributed by atoms with Crippen LogP contribution in [0.1, 0.15) is 39.2 Å². The summed E-state index contributed by atoms with van der Waals surface area (Å²) in [6, 6.07) is 15.1. The first-order chi connectivity index (χ1) is 18.1. The number of thiazole rings is 1. The maximum absolute atomic E-state index is 14.6. The zero-order valence-corrected chi connectivity index (χ0v) is 22.4. The summed E-state index contributed by atoms with van der Waals surface area (Å²) in [6.07, 6.45) is 1.84. The minimum Gasteiger partial charge on any atom is -0.329 e. The van der Waals surface area contributed by atoms with E-state index in [1.54, 1.807) is 30.1 Å². The standard InChI is InChI=1S/C28H29FN6O2S/c1-28(2,3)17-7-9-18(10-8-17)30-26(37)31-22-15-19(11-12-20(22)29)35(4)23-14-13-21-25(33-23)38-27(32-21)34-24(36)16-5-6-16/h7-16H,5-6H2,1-4H3,(H2,30,31,37)(H,32,34,36). The Balaban J connectivity index is 1.28. The molecule has 2 aromatic carbocycles. The van der Waals surface area contributed by atoms with Gasteiger partial charge in [0.25, 0.3) is 0 Å². The second-order valence-corrected chi connectivity index (χ2v) is 11.4. The molecule has 0 radical (unpaired) electrons. The van der Waals surface area contributed by atoms with Crippen molar-refractivity contribution in [2.24, 2.45) is 5.92 Å². The molecule has 3 N–H and O–H groups in total. The molecule has 196 valence electrons. The van der Waals surface area contributed by atoms with Crippen molar-refractivity contribution in [3.05, 3.63) is 66.0 Å². The van der Waals surface area contributed by atoms with Crippen molar-refractivity contribution in [3.63, 3.8) is 0 Å². The zero-order valence-electron chi connectivity index (χ0n) is 21.6. The molecule has 0 saturated heterocycles. The second-order valence-electron chi connectivity index (χ2n) is 10.4. The Morgan fingerprint density at radius 1 is 0.974 bits per heavy atom. The van der Waals surface area contributed by atoms with E-state index >= 15 is 0 Å². The van der Waals surface area contributed by atoms with E-state index in [1.165, 1.54) is 17.4 Å². The Kier molecular flexibility index (Phi) is 6.75. The van der Waals surface area contributed by atoms with Crippen LogP contribution >= 0.6 is 11.3 Å². The second kappa shape index (κ2) is 10.0. The number of benzene rings is 2. The van der Waals surface area contributed by atoms with Gasteiger partial charge in [-0.05, 0) is 66.3 Å². The number of halogens is 1. The van der Waals surface area contributed by atoms with Crippen molar-refractivity contribution in [1.29, 1.82) is 0 Å². The number of amides is 3. The molecule has 5 rings (SSSR count). The number of nitrogens with one attached hydrogen (secondary N) is 3. The molecule has 0 spiro atoms. The molecule has 1 aliphatic carbocycles. The van der Waals surface area contributed by atoms with E-state index in [1.807, 2.05) is 30.3 Å². The average Bonchev–Trinajstić information content (AvgIpc) is 3.65. The topological polar surface area (TPSA) is 99.3 Å². The molecule has 0 unspecified atom stereocenters. The van der Waals surface area contributed by atoms with Gasteiger partial charge in [0.2, 0.25) is 5.91 Å². The fourth-order valence-corrected chi connectivity index (χ4v) is 4.72. The number of hydrogen-bond donors (Lipinski definition) is 3. The molecular weight excluding hydrogens is 503 g/mol. The Hall–Kier alpha value is -4.05. The highest BCUT2D eigenvalue weighted by Crippen LogP contribution is 2.33. The Morgan fingerprint density at radius 3 is 2.39 bits per heavy atom. The van der Waals surface area contributed by atoms with Crippen LogP contribution in [-0.2, 0) is 10.2 Å². The number of carbonyl (C=O) groups is 2. The predicted octanol–water partition coefficient (Wildman–Crippen LogP) is 6.89. The molecule has 0 bridgehead atoms. The van der Waals surface area contributed by atoms with Gasteiger partial charge in [0, 0.05) is 24.3 Å². The molecule has 0 aliphatic heterocycles. The molecule has 1 fully saturated rings. The normalized spacial score (nSPS) is 13.3. The first-order valence-corrected chi connectivity index (χ1v) is 13.2. The number of hydrogen-bond acceptors (Lipinski definition) is 6. The van der Waals surface area contributed by atoms with Crippen molar-refractivity contribution >= 4 is 61.6 Å². The number of urea groups is 1.